The smallest absolute Gasteiger partial charge is 0.254 e. The maximum atomic E-state index is 13.7. The Morgan fingerprint density at radius 1 is 1.16 bits per heavy atom. The summed E-state index contributed by atoms with van der Waals surface area (Å²) in [4.78, 5) is 14.8. The number of amides is 1. The van der Waals surface area contributed by atoms with Gasteiger partial charge in [-0.3, -0.25) is 9.89 Å². The number of carbonyl (C=O) groups excluding carboxylic acids is 1. The zero-order valence-corrected chi connectivity index (χ0v) is 17.9. The van der Waals surface area contributed by atoms with E-state index in [4.69, 9.17) is 4.74 Å². The van der Waals surface area contributed by atoms with Gasteiger partial charge in [-0.05, 0) is 53.9 Å². The van der Waals surface area contributed by atoms with Crippen molar-refractivity contribution < 1.29 is 19.0 Å². The second-order valence-corrected chi connectivity index (χ2v) is 7.52. The van der Waals surface area contributed by atoms with Gasteiger partial charge in [-0.25, -0.2) is 4.39 Å². The van der Waals surface area contributed by atoms with Gasteiger partial charge in [0.05, 0.1) is 24.9 Å². The molecule has 0 saturated carbocycles. The van der Waals surface area contributed by atoms with E-state index in [-0.39, 0.29) is 18.3 Å². The van der Waals surface area contributed by atoms with Crippen LogP contribution in [0.25, 0.3) is 22.0 Å². The number of rotatable bonds is 7. The topological polar surface area (TPSA) is 78.4 Å². The summed E-state index contributed by atoms with van der Waals surface area (Å²) < 4.78 is 19.5. The number of aromatic amines is 1. The van der Waals surface area contributed by atoms with Crippen molar-refractivity contribution in [2.45, 2.75) is 20.1 Å². The molecular formula is C25H24FN3O3. The lowest BCUT2D eigenvalue weighted by Crippen LogP contribution is -2.26. The second-order valence-electron chi connectivity index (χ2n) is 7.52. The van der Waals surface area contributed by atoms with E-state index >= 15 is 0 Å². The number of nitrogens with one attached hydrogen (secondary N) is 1. The largest absolute Gasteiger partial charge is 0.493 e. The van der Waals surface area contributed by atoms with Crippen LogP contribution in [-0.4, -0.2) is 39.8 Å². The van der Waals surface area contributed by atoms with Crippen molar-refractivity contribution in [1.29, 1.82) is 0 Å². The van der Waals surface area contributed by atoms with E-state index in [1.54, 1.807) is 48.5 Å². The van der Waals surface area contributed by atoms with Crippen LogP contribution in [0.1, 0.15) is 28.4 Å². The predicted molar refractivity (Wildman–Crippen MR) is 121 cm³/mol. The number of hydrogen-bond acceptors (Lipinski definition) is 4. The molecule has 1 aromatic heterocycles. The van der Waals surface area contributed by atoms with Crippen LogP contribution in [0, 0.1) is 5.82 Å². The van der Waals surface area contributed by atoms with Gasteiger partial charge in [0.2, 0.25) is 0 Å². The van der Waals surface area contributed by atoms with Crippen molar-refractivity contribution >= 4 is 16.8 Å². The lowest BCUT2D eigenvalue weighted by Gasteiger charge is -2.19. The van der Waals surface area contributed by atoms with Crippen molar-refractivity contribution in [2.75, 3.05) is 13.7 Å². The molecule has 1 amide bonds. The summed E-state index contributed by atoms with van der Waals surface area (Å²) in [6, 6.07) is 15.2. The first-order valence-electron chi connectivity index (χ1n) is 10.3. The van der Waals surface area contributed by atoms with Crippen LogP contribution < -0.4 is 4.74 Å². The number of nitrogens with zero attached hydrogens (tertiary/aromatic N) is 2. The average Bonchev–Trinajstić information content (AvgIpc) is 3.29. The van der Waals surface area contributed by atoms with Gasteiger partial charge in [-0.2, -0.15) is 5.10 Å². The molecule has 0 radical (unpaired) electrons. The maximum absolute atomic E-state index is 13.7. The SMILES string of the molecule is CCOc1cc(C(=O)N(C)Cc2ccc(CO)c3cn[nH]c23)ccc1-c1cccc(F)c1. The minimum atomic E-state index is -0.331. The van der Waals surface area contributed by atoms with Crippen LogP contribution in [0.4, 0.5) is 4.39 Å². The standard InChI is InChI=1S/C25H24FN3O3/c1-3-32-23-12-17(9-10-21(23)16-5-4-6-20(26)11-16)25(31)29(2)14-18-7-8-19(15-30)22-13-27-28-24(18)22/h4-13,30H,3,14-15H2,1-2H3,(H,27,28). The molecule has 0 bridgehead atoms. The molecule has 32 heavy (non-hydrogen) atoms. The van der Waals surface area contributed by atoms with Crippen molar-refractivity contribution in [3.8, 4) is 16.9 Å². The van der Waals surface area contributed by atoms with E-state index in [9.17, 15) is 14.3 Å². The normalized spacial score (nSPS) is 11.0. The number of H-pyrrole nitrogens is 1. The van der Waals surface area contributed by atoms with E-state index in [0.717, 1.165) is 27.6 Å². The number of aromatic nitrogens is 2. The van der Waals surface area contributed by atoms with Crippen LogP contribution in [0.5, 0.6) is 5.75 Å². The summed E-state index contributed by atoms with van der Waals surface area (Å²) in [7, 11) is 1.73. The second kappa shape index (κ2) is 9.20. The number of aliphatic hydroxyl groups is 1. The van der Waals surface area contributed by atoms with Crippen LogP contribution in [0.2, 0.25) is 0 Å². The third-order valence-electron chi connectivity index (χ3n) is 5.38. The molecule has 0 atom stereocenters. The van der Waals surface area contributed by atoms with E-state index in [1.807, 2.05) is 19.1 Å². The van der Waals surface area contributed by atoms with Gasteiger partial charge in [0.1, 0.15) is 11.6 Å². The predicted octanol–water partition coefficient (Wildman–Crippen LogP) is 4.53. The molecule has 164 valence electrons. The number of benzene rings is 3. The Morgan fingerprint density at radius 2 is 1.97 bits per heavy atom. The van der Waals surface area contributed by atoms with Crippen LogP contribution in [-0.2, 0) is 13.2 Å². The number of carbonyl (C=O) groups is 1. The Kier molecular flexibility index (Phi) is 6.18. The lowest BCUT2D eigenvalue weighted by molar-refractivity contribution is 0.0785. The highest BCUT2D eigenvalue weighted by molar-refractivity contribution is 5.96. The first-order chi connectivity index (χ1) is 15.5. The Bertz CT molecular complexity index is 1270. The number of aliphatic hydroxyl groups excluding tert-OH is 1. The molecule has 0 saturated heterocycles. The molecule has 0 aliphatic carbocycles. The quantitative estimate of drug-likeness (QED) is 0.449. The molecule has 0 aliphatic heterocycles. The Hall–Kier alpha value is -3.71. The summed E-state index contributed by atoms with van der Waals surface area (Å²) in [6.07, 6.45) is 1.67. The van der Waals surface area contributed by atoms with Gasteiger partial charge in [-0.1, -0.05) is 24.3 Å². The summed E-state index contributed by atoms with van der Waals surface area (Å²) in [5.74, 6) is 0.0263. The minimum Gasteiger partial charge on any atom is -0.493 e. The van der Waals surface area contributed by atoms with E-state index in [2.05, 4.69) is 10.2 Å². The first kappa shape index (κ1) is 21.5. The molecule has 3 aromatic carbocycles. The summed E-state index contributed by atoms with van der Waals surface area (Å²) in [5.41, 5.74) is 4.36. The fourth-order valence-corrected chi connectivity index (χ4v) is 3.79. The Morgan fingerprint density at radius 3 is 2.72 bits per heavy atom. The number of ether oxygens (including phenoxy) is 1. The van der Waals surface area contributed by atoms with E-state index in [1.165, 1.54) is 12.1 Å². The zero-order chi connectivity index (χ0) is 22.7. The third-order valence-corrected chi connectivity index (χ3v) is 5.38. The fourth-order valence-electron chi connectivity index (χ4n) is 3.79. The Balaban J connectivity index is 1.61. The highest BCUT2D eigenvalue weighted by atomic mass is 19.1. The lowest BCUT2D eigenvalue weighted by atomic mass is 10.0. The highest BCUT2D eigenvalue weighted by Crippen LogP contribution is 2.32. The van der Waals surface area contributed by atoms with Crippen molar-refractivity contribution in [3.63, 3.8) is 0 Å². The van der Waals surface area contributed by atoms with Gasteiger partial charge in [0, 0.05) is 30.1 Å². The summed E-state index contributed by atoms with van der Waals surface area (Å²) in [6.45, 7) is 2.56. The van der Waals surface area contributed by atoms with Crippen molar-refractivity contribution in [3.05, 3.63) is 83.3 Å². The molecular weight excluding hydrogens is 409 g/mol. The van der Waals surface area contributed by atoms with Gasteiger partial charge in [0.15, 0.2) is 0 Å². The Labute approximate surface area is 185 Å². The molecule has 7 heteroatoms. The monoisotopic (exact) mass is 433 g/mol. The molecule has 0 fully saturated rings. The van der Waals surface area contributed by atoms with E-state index < -0.39 is 0 Å². The minimum absolute atomic E-state index is 0.0804. The van der Waals surface area contributed by atoms with Crippen LogP contribution >= 0.6 is 0 Å². The molecule has 4 rings (SSSR count). The van der Waals surface area contributed by atoms with E-state index in [0.29, 0.717) is 30.0 Å². The maximum Gasteiger partial charge on any atom is 0.254 e. The average molecular weight is 433 g/mol. The number of hydrogen-bond donors (Lipinski definition) is 2. The van der Waals surface area contributed by atoms with Gasteiger partial charge in [0.25, 0.3) is 5.91 Å². The molecule has 0 aliphatic rings. The zero-order valence-electron chi connectivity index (χ0n) is 17.9. The van der Waals surface area contributed by atoms with Crippen LogP contribution in [0.3, 0.4) is 0 Å². The van der Waals surface area contributed by atoms with Crippen molar-refractivity contribution in [2.24, 2.45) is 0 Å². The first-order valence-corrected chi connectivity index (χ1v) is 10.3. The van der Waals surface area contributed by atoms with Gasteiger partial charge >= 0.3 is 0 Å². The van der Waals surface area contributed by atoms with Crippen LogP contribution in [0.15, 0.2) is 60.8 Å². The number of fused-ring (bicyclic) bond motifs is 1. The molecule has 6 nitrogen and oxygen atoms in total. The fraction of sp³-hybridized carbons (Fsp3) is 0.200. The summed E-state index contributed by atoms with van der Waals surface area (Å²) >= 11 is 0. The highest BCUT2D eigenvalue weighted by Gasteiger charge is 2.18. The molecule has 2 N–H and O–H groups in total. The molecule has 1 heterocycles. The molecule has 4 aromatic rings. The molecule has 0 spiro atoms. The molecule has 0 unspecified atom stereocenters. The third kappa shape index (κ3) is 4.20. The van der Waals surface area contributed by atoms with Crippen molar-refractivity contribution in [1.82, 2.24) is 15.1 Å². The summed E-state index contributed by atoms with van der Waals surface area (Å²) in [5, 5.41) is 17.4. The van der Waals surface area contributed by atoms with Gasteiger partial charge < -0.3 is 14.7 Å². The van der Waals surface area contributed by atoms with Gasteiger partial charge in [-0.15, -0.1) is 0 Å². The number of halogens is 1.